The van der Waals surface area contributed by atoms with Gasteiger partial charge in [0.1, 0.15) is 0 Å². The molecule has 4 heteroatoms. The van der Waals surface area contributed by atoms with Crippen molar-refractivity contribution >= 4 is 0 Å². The molecule has 0 saturated heterocycles. The molecule has 0 aromatic carbocycles. The molecule has 3 unspecified atom stereocenters. The molecular formula is C14H29NO3. The van der Waals surface area contributed by atoms with Gasteiger partial charge < -0.3 is 19.9 Å². The molecule has 4 nitrogen and oxygen atoms in total. The van der Waals surface area contributed by atoms with Crippen LogP contribution in [0.3, 0.4) is 0 Å². The highest BCUT2D eigenvalue weighted by molar-refractivity contribution is 4.74. The van der Waals surface area contributed by atoms with E-state index in [9.17, 15) is 5.11 Å². The summed E-state index contributed by atoms with van der Waals surface area (Å²) < 4.78 is 11.3. The Morgan fingerprint density at radius 1 is 1.28 bits per heavy atom. The van der Waals surface area contributed by atoms with Crippen molar-refractivity contribution in [2.45, 2.75) is 70.2 Å². The van der Waals surface area contributed by atoms with Crippen LogP contribution in [-0.2, 0) is 9.47 Å². The van der Waals surface area contributed by atoms with Gasteiger partial charge in [-0.25, -0.2) is 0 Å². The second-order valence-electron chi connectivity index (χ2n) is 5.51. The molecule has 0 bridgehead atoms. The summed E-state index contributed by atoms with van der Waals surface area (Å²) in [7, 11) is 1.78. The second-order valence-corrected chi connectivity index (χ2v) is 5.51. The summed E-state index contributed by atoms with van der Waals surface area (Å²) in [4.78, 5) is 0. The van der Waals surface area contributed by atoms with E-state index >= 15 is 0 Å². The summed E-state index contributed by atoms with van der Waals surface area (Å²) in [5.74, 6) is 0. The van der Waals surface area contributed by atoms with Gasteiger partial charge >= 0.3 is 0 Å². The van der Waals surface area contributed by atoms with E-state index < -0.39 is 0 Å². The molecule has 0 aliphatic heterocycles. The third kappa shape index (κ3) is 6.14. The van der Waals surface area contributed by atoms with Crippen molar-refractivity contribution in [1.29, 1.82) is 0 Å². The van der Waals surface area contributed by atoms with Gasteiger partial charge in [0, 0.05) is 25.8 Å². The van der Waals surface area contributed by atoms with Gasteiger partial charge in [-0.3, -0.25) is 0 Å². The number of methoxy groups -OCH3 is 1. The van der Waals surface area contributed by atoms with Crippen LogP contribution >= 0.6 is 0 Å². The molecule has 0 amide bonds. The van der Waals surface area contributed by atoms with Crippen molar-refractivity contribution in [3.63, 3.8) is 0 Å². The van der Waals surface area contributed by atoms with Gasteiger partial charge in [0.15, 0.2) is 0 Å². The molecule has 1 fully saturated rings. The maximum absolute atomic E-state index is 9.25. The summed E-state index contributed by atoms with van der Waals surface area (Å²) in [6, 6.07) is 0.543. The summed E-state index contributed by atoms with van der Waals surface area (Å²) >= 11 is 0. The molecule has 0 aromatic heterocycles. The van der Waals surface area contributed by atoms with Crippen LogP contribution in [0.5, 0.6) is 0 Å². The van der Waals surface area contributed by atoms with E-state index in [1.54, 1.807) is 7.11 Å². The van der Waals surface area contributed by atoms with Crippen LogP contribution in [0.4, 0.5) is 0 Å². The lowest BCUT2D eigenvalue weighted by Gasteiger charge is -2.29. The quantitative estimate of drug-likeness (QED) is 0.697. The molecule has 0 radical (unpaired) electrons. The van der Waals surface area contributed by atoms with Gasteiger partial charge in [0.25, 0.3) is 0 Å². The summed E-state index contributed by atoms with van der Waals surface area (Å²) in [6.07, 6.45) is 6.07. The fraction of sp³-hybridized carbons (Fsp3) is 1.00. The third-order valence-electron chi connectivity index (χ3n) is 3.52. The van der Waals surface area contributed by atoms with E-state index in [-0.39, 0.29) is 12.6 Å². The SMILES string of the molecule is COC1CCCC(OCCC(CO)NC(C)C)C1. The Morgan fingerprint density at radius 3 is 2.61 bits per heavy atom. The standard InChI is InChI=1S/C14H29NO3/c1-11(2)15-12(10-16)7-8-18-14-6-4-5-13(9-14)17-3/h11-16H,4-10H2,1-3H3. The highest BCUT2D eigenvalue weighted by atomic mass is 16.5. The number of aliphatic hydroxyl groups excluding tert-OH is 1. The minimum absolute atomic E-state index is 0.145. The fourth-order valence-corrected chi connectivity index (χ4v) is 2.54. The highest BCUT2D eigenvalue weighted by Crippen LogP contribution is 2.23. The molecule has 1 saturated carbocycles. The molecule has 1 rings (SSSR count). The van der Waals surface area contributed by atoms with Crippen LogP contribution in [-0.4, -0.2) is 49.7 Å². The van der Waals surface area contributed by atoms with Crippen LogP contribution in [0.2, 0.25) is 0 Å². The van der Waals surface area contributed by atoms with E-state index in [0.717, 1.165) is 25.7 Å². The molecule has 0 spiro atoms. The number of aliphatic hydroxyl groups is 1. The predicted octanol–water partition coefficient (Wildman–Crippen LogP) is 1.71. The lowest BCUT2D eigenvalue weighted by atomic mass is 9.95. The summed E-state index contributed by atoms with van der Waals surface area (Å²) in [6.45, 7) is 5.07. The number of rotatable bonds is 8. The van der Waals surface area contributed by atoms with Crippen LogP contribution in [0.15, 0.2) is 0 Å². The Labute approximate surface area is 111 Å². The van der Waals surface area contributed by atoms with Crippen LogP contribution in [0.1, 0.15) is 46.0 Å². The maximum atomic E-state index is 9.25. The molecule has 108 valence electrons. The molecule has 3 atom stereocenters. The second kappa shape index (κ2) is 8.86. The molecule has 0 aromatic rings. The normalized spacial score (nSPS) is 26.5. The smallest absolute Gasteiger partial charge is 0.0599 e. The van der Waals surface area contributed by atoms with E-state index in [2.05, 4.69) is 19.2 Å². The van der Waals surface area contributed by atoms with E-state index in [4.69, 9.17) is 9.47 Å². The van der Waals surface area contributed by atoms with Crippen molar-refractivity contribution in [3.05, 3.63) is 0 Å². The van der Waals surface area contributed by atoms with Crippen molar-refractivity contribution in [3.8, 4) is 0 Å². The van der Waals surface area contributed by atoms with Gasteiger partial charge in [-0.05, 0) is 32.1 Å². The van der Waals surface area contributed by atoms with Crippen molar-refractivity contribution in [2.24, 2.45) is 0 Å². The topological polar surface area (TPSA) is 50.7 Å². The number of nitrogens with one attached hydrogen (secondary N) is 1. The Morgan fingerprint density at radius 2 is 2.00 bits per heavy atom. The first kappa shape index (κ1) is 15.9. The zero-order valence-electron chi connectivity index (χ0n) is 12.0. The number of ether oxygens (including phenoxy) is 2. The maximum Gasteiger partial charge on any atom is 0.0599 e. The average Bonchev–Trinajstić information content (AvgIpc) is 2.37. The number of hydrogen-bond acceptors (Lipinski definition) is 4. The zero-order chi connectivity index (χ0) is 13.4. The Kier molecular flexibility index (Phi) is 7.82. The predicted molar refractivity (Wildman–Crippen MR) is 72.8 cm³/mol. The third-order valence-corrected chi connectivity index (χ3v) is 3.52. The molecule has 2 N–H and O–H groups in total. The summed E-state index contributed by atoms with van der Waals surface area (Å²) in [5.41, 5.74) is 0. The van der Waals surface area contributed by atoms with Crippen molar-refractivity contribution in [2.75, 3.05) is 20.3 Å². The highest BCUT2D eigenvalue weighted by Gasteiger charge is 2.22. The van der Waals surface area contributed by atoms with Gasteiger partial charge in [0.2, 0.25) is 0 Å². The Bertz CT molecular complexity index is 211. The Hall–Kier alpha value is -0.160. The van der Waals surface area contributed by atoms with Crippen molar-refractivity contribution in [1.82, 2.24) is 5.32 Å². The first-order valence-electron chi connectivity index (χ1n) is 7.17. The molecular weight excluding hydrogens is 230 g/mol. The average molecular weight is 259 g/mol. The van der Waals surface area contributed by atoms with Crippen LogP contribution in [0, 0.1) is 0 Å². The largest absolute Gasteiger partial charge is 0.395 e. The lowest BCUT2D eigenvalue weighted by molar-refractivity contribution is -0.0326. The van der Waals surface area contributed by atoms with E-state index in [0.29, 0.717) is 24.9 Å². The van der Waals surface area contributed by atoms with Gasteiger partial charge in [-0.2, -0.15) is 0 Å². The lowest BCUT2D eigenvalue weighted by Crippen LogP contribution is -2.38. The van der Waals surface area contributed by atoms with Gasteiger partial charge in [0.05, 0.1) is 18.8 Å². The van der Waals surface area contributed by atoms with Crippen molar-refractivity contribution < 1.29 is 14.6 Å². The fourth-order valence-electron chi connectivity index (χ4n) is 2.54. The van der Waals surface area contributed by atoms with E-state index in [1.165, 1.54) is 6.42 Å². The molecule has 0 heterocycles. The molecule has 1 aliphatic carbocycles. The van der Waals surface area contributed by atoms with Crippen LogP contribution < -0.4 is 5.32 Å². The van der Waals surface area contributed by atoms with Crippen LogP contribution in [0.25, 0.3) is 0 Å². The molecule has 1 aliphatic rings. The Balaban J connectivity index is 2.15. The summed E-state index contributed by atoms with van der Waals surface area (Å²) in [5, 5.41) is 12.6. The minimum Gasteiger partial charge on any atom is -0.395 e. The monoisotopic (exact) mass is 259 g/mol. The first-order valence-corrected chi connectivity index (χ1v) is 7.17. The van der Waals surface area contributed by atoms with E-state index in [1.807, 2.05) is 0 Å². The molecule has 18 heavy (non-hydrogen) atoms. The minimum atomic E-state index is 0.145. The van der Waals surface area contributed by atoms with Gasteiger partial charge in [-0.1, -0.05) is 13.8 Å². The number of hydrogen-bond donors (Lipinski definition) is 2. The zero-order valence-corrected chi connectivity index (χ0v) is 12.0. The first-order chi connectivity index (χ1) is 8.65. The van der Waals surface area contributed by atoms with Gasteiger partial charge in [-0.15, -0.1) is 0 Å².